The number of carbonyl (C=O) groups is 2. The number of hydrogen-bond acceptors (Lipinski definition) is 4. The summed E-state index contributed by atoms with van der Waals surface area (Å²) in [4.78, 5) is 27.1. The molecule has 6 nitrogen and oxygen atoms in total. The number of hydrogen-bond donors (Lipinski definition) is 2. The largest absolute Gasteiger partial charge is 0.480 e. The molecule has 1 fully saturated rings. The molecule has 6 heteroatoms. The van der Waals surface area contributed by atoms with Crippen LogP contribution in [0.1, 0.15) is 34.1 Å². The number of amides is 1. The standard InChI is InChI=1S/C14H27N3O3/c1-13(2,14(3,4)15)12(20)17-7-5-6-16(8-9-17)10-11(18)19/h5-10,15H2,1-4H3,(H,18,19). The van der Waals surface area contributed by atoms with Crippen LogP contribution in [0.2, 0.25) is 0 Å². The van der Waals surface area contributed by atoms with E-state index >= 15 is 0 Å². The van der Waals surface area contributed by atoms with Crippen molar-refractivity contribution in [3.8, 4) is 0 Å². The van der Waals surface area contributed by atoms with Crippen molar-refractivity contribution in [2.24, 2.45) is 11.1 Å². The fraction of sp³-hybridized carbons (Fsp3) is 0.857. The average Bonchev–Trinajstić information content (AvgIpc) is 2.51. The van der Waals surface area contributed by atoms with Crippen molar-refractivity contribution in [1.29, 1.82) is 0 Å². The van der Waals surface area contributed by atoms with Gasteiger partial charge in [0.25, 0.3) is 0 Å². The Kier molecular flexibility index (Phi) is 5.15. The molecule has 1 aliphatic rings. The smallest absolute Gasteiger partial charge is 0.317 e. The van der Waals surface area contributed by atoms with Crippen LogP contribution in [-0.2, 0) is 9.59 Å². The maximum atomic E-state index is 12.7. The number of carbonyl (C=O) groups excluding carboxylic acids is 1. The van der Waals surface area contributed by atoms with Gasteiger partial charge >= 0.3 is 5.97 Å². The number of carboxylic acid groups (broad SMARTS) is 1. The van der Waals surface area contributed by atoms with Gasteiger partial charge in [-0.2, -0.15) is 0 Å². The van der Waals surface area contributed by atoms with E-state index in [2.05, 4.69) is 0 Å². The van der Waals surface area contributed by atoms with E-state index in [0.717, 1.165) is 6.42 Å². The lowest BCUT2D eigenvalue weighted by molar-refractivity contribution is -0.143. The molecule has 0 saturated carbocycles. The highest BCUT2D eigenvalue weighted by Crippen LogP contribution is 2.30. The highest BCUT2D eigenvalue weighted by molar-refractivity contribution is 5.83. The van der Waals surface area contributed by atoms with E-state index in [0.29, 0.717) is 26.2 Å². The van der Waals surface area contributed by atoms with Crippen LogP contribution in [0.5, 0.6) is 0 Å². The number of rotatable bonds is 4. The van der Waals surface area contributed by atoms with Crippen LogP contribution in [0.4, 0.5) is 0 Å². The molecule has 116 valence electrons. The normalized spacial score (nSPS) is 18.8. The Bertz CT molecular complexity index is 374. The molecule has 1 saturated heterocycles. The Morgan fingerprint density at radius 3 is 2.20 bits per heavy atom. The van der Waals surface area contributed by atoms with Crippen molar-refractivity contribution in [3.05, 3.63) is 0 Å². The van der Waals surface area contributed by atoms with Gasteiger partial charge in [-0.1, -0.05) is 0 Å². The van der Waals surface area contributed by atoms with Gasteiger partial charge in [0.15, 0.2) is 0 Å². The Hall–Kier alpha value is -1.14. The minimum atomic E-state index is -0.826. The van der Waals surface area contributed by atoms with Crippen molar-refractivity contribution in [3.63, 3.8) is 0 Å². The second-order valence-corrected chi connectivity index (χ2v) is 6.66. The lowest BCUT2D eigenvalue weighted by Crippen LogP contribution is -2.57. The Balaban J connectivity index is 2.70. The molecule has 1 heterocycles. The Morgan fingerprint density at radius 2 is 1.70 bits per heavy atom. The summed E-state index contributed by atoms with van der Waals surface area (Å²) in [6, 6.07) is 0. The van der Waals surface area contributed by atoms with E-state index in [4.69, 9.17) is 10.8 Å². The van der Waals surface area contributed by atoms with Crippen molar-refractivity contribution < 1.29 is 14.7 Å². The van der Waals surface area contributed by atoms with Crippen LogP contribution in [0.15, 0.2) is 0 Å². The van der Waals surface area contributed by atoms with Crippen LogP contribution in [-0.4, -0.2) is 65.0 Å². The molecule has 0 radical (unpaired) electrons. The van der Waals surface area contributed by atoms with Crippen LogP contribution in [0, 0.1) is 5.41 Å². The van der Waals surface area contributed by atoms with E-state index in [1.807, 2.05) is 37.5 Å². The van der Waals surface area contributed by atoms with E-state index in [9.17, 15) is 9.59 Å². The van der Waals surface area contributed by atoms with Gasteiger partial charge in [-0.05, 0) is 34.1 Å². The molecule has 0 bridgehead atoms. The summed E-state index contributed by atoms with van der Waals surface area (Å²) in [5.41, 5.74) is 4.87. The third-order valence-electron chi connectivity index (χ3n) is 4.38. The molecule has 1 amide bonds. The maximum absolute atomic E-state index is 12.7. The van der Waals surface area contributed by atoms with E-state index < -0.39 is 16.9 Å². The van der Waals surface area contributed by atoms with Crippen LogP contribution in [0.25, 0.3) is 0 Å². The summed E-state index contributed by atoms with van der Waals surface area (Å²) >= 11 is 0. The SMILES string of the molecule is CC(C)(N)C(C)(C)C(=O)N1CCCN(CC(=O)O)CC1. The van der Waals surface area contributed by atoms with Gasteiger partial charge in [-0.25, -0.2) is 0 Å². The Labute approximate surface area is 120 Å². The highest BCUT2D eigenvalue weighted by atomic mass is 16.4. The van der Waals surface area contributed by atoms with E-state index in [-0.39, 0.29) is 12.5 Å². The monoisotopic (exact) mass is 285 g/mol. The van der Waals surface area contributed by atoms with E-state index in [1.165, 1.54) is 0 Å². The summed E-state index contributed by atoms with van der Waals surface area (Å²) < 4.78 is 0. The molecule has 0 aromatic rings. The molecule has 0 aromatic carbocycles. The number of nitrogens with zero attached hydrogens (tertiary/aromatic N) is 2. The first-order chi connectivity index (χ1) is 9.05. The van der Waals surface area contributed by atoms with Crippen molar-refractivity contribution in [2.45, 2.75) is 39.7 Å². The van der Waals surface area contributed by atoms with Gasteiger partial charge in [0.05, 0.1) is 12.0 Å². The molecular weight excluding hydrogens is 258 g/mol. The van der Waals surface area contributed by atoms with Gasteiger partial charge in [-0.15, -0.1) is 0 Å². The summed E-state index contributed by atoms with van der Waals surface area (Å²) in [7, 11) is 0. The minimum Gasteiger partial charge on any atom is -0.480 e. The first kappa shape index (κ1) is 16.9. The summed E-state index contributed by atoms with van der Waals surface area (Å²) in [5.74, 6) is -0.782. The molecule has 0 aliphatic carbocycles. The van der Waals surface area contributed by atoms with Gasteiger partial charge < -0.3 is 15.7 Å². The summed E-state index contributed by atoms with van der Waals surface area (Å²) in [6.07, 6.45) is 0.792. The van der Waals surface area contributed by atoms with Crippen molar-refractivity contribution in [2.75, 3.05) is 32.7 Å². The number of aliphatic carboxylic acids is 1. The predicted molar refractivity (Wildman–Crippen MR) is 77.3 cm³/mol. The maximum Gasteiger partial charge on any atom is 0.317 e. The predicted octanol–water partition coefficient (Wildman–Crippen LogP) is 0.369. The lowest BCUT2D eigenvalue weighted by atomic mass is 9.74. The third kappa shape index (κ3) is 3.93. The van der Waals surface area contributed by atoms with Crippen molar-refractivity contribution in [1.82, 2.24) is 9.80 Å². The fourth-order valence-electron chi connectivity index (χ4n) is 2.19. The van der Waals surface area contributed by atoms with Crippen molar-refractivity contribution >= 4 is 11.9 Å². The zero-order chi connectivity index (χ0) is 15.6. The molecule has 3 N–H and O–H groups in total. The molecule has 20 heavy (non-hydrogen) atoms. The summed E-state index contributed by atoms with van der Waals surface area (Å²) in [5, 5.41) is 8.83. The first-order valence-electron chi connectivity index (χ1n) is 7.08. The van der Waals surface area contributed by atoms with Crippen LogP contribution >= 0.6 is 0 Å². The zero-order valence-electron chi connectivity index (χ0n) is 13.0. The number of nitrogens with two attached hydrogens (primary N) is 1. The van der Waals surface area contributed by atoms with Gasteiger partial charge in [0.1, 0.15) is 0 Å². The Morgan fingerprint density at radius 1 is 1.10 bits per heavy atom. The van der Waals surface area contributed by atoms with Gasteiger partial charge in [0.2, 0.25) is 5.91 Å². The molecule has 0 spiro atoms. The van der Waals surface area contributed by atoms with Gasteiger partial charge in [-0.3, -0.25) is 14.5 Å². The molecule has 0 unspecified atom stereocenters. The number of carboxylic acids is 1. The zero-order valence-corrected chi connectivity index (χ0v) is 13.0. The quantitative estimate of drug-likeness (QED) is 0.779. The van der Waals surface area contributed by atoms with Gasteiger partial charge in [0, 0.05) is 31.7 Å². The lowest BCUT2D eigenvalue weighted by Gasteiger charge is -2.40. The van der Waals surface area contributed by atoms with Crippen LogP contribution < -0.4 is 5.73 Å². The fourth-order valence-corrected chi connectivity index (χ4v) is 2.19. The average molecular weight is 285 g/mol. The highest BCUT2D eigenvalue weighted by Gasteiger charge is 2.42. The third-order valence-corrected chi connectivity index (χ3v) is 4.38. The minimum absolute atomic E-state index is 0.0355. The second kappa shape index (κ2) is 6.10. The van der Waals surface area contributed by atoms with Crippen LogP contribution in [0.3, 0.4) is 0 Å². The topological polar surface area (TPSA) is 86.9 Å². The summed E-state index contributed by atoms with van der Waals surface area (Å²) in [6.45, 7) is 10.0. The van der Waals surface area contributed by atoms with E-state index in [1.54, 1.807) is 0 Å². The molecule has 1 aliphatic heterocycles. The molecule has 0 atom stereocenters. The second-order valence-electron chi connectivity index (χ2n) is 6.66. The first-order valence-corrected chi connectivity index (χ1v) is 7.08. The molecule has 1 rings (SSSR count). The molecule has 0 aromatic heterocycles. The molecular formula is C14H27N3O3.